The summed E-state index contributed by atoms with van der Waals surface area (Å²) in [5.41, 5.74) is 2.41. The summed E-state index contributed by atoms with van der Waals surface area (Å²) in [5.74, 6) is 1.21. The van der Waals surface area contributed by atoms with E-state index in [1.807, 2.05) is 43.3 Å². The van der Waals surface area contributed by atoms with Crippen molar-refractivity contribution in [1.82, 2.24) is 0 Å². The van der Waals surface area contributed by atoms with E-state index in [2.05, 4.69) is 0 Å². The third kappa shape index (κ3) is 4.28. The minimum Gasteiger partial charge on any atom is -0.497 e. The topological polar surface area (TPSA) is 55.8 Å². The number of hydrogen-bond acceptors (Lipinski definition) is 4. The molecule has 0 saturated heterocycles. The van der Waals surface area contributed by atoms with E-state index in [4.69, 9.17) is 9.47 Å². The maximum atomic E-state index is 13.4. The number of benzene rings is 3. The molecule has 0 spiro atoms. The summed E-state index contributed by atoms with van der Waals surface area (Å²) in [6.07, 6.45) is 0. The quantitative estimate of drug-likeness (QED) is 0.593. The minimum atomic E-state index is -3.75. The van der Waals surface area contributed by atoms with Crippen LogP contribution in [0.15, 0.2) is 77.7 Å². The van der Waals surface area contributed by atoms with Crippen molar-refractivity contribution < 1.29 is 17.9 Å². The largest absolute Gasteiger partial charge is 0.497 e. The van der Waals surface area contributed by atoms with Crippen LogP contribution in [0.5, 0.6) is 11.5 Å². The molecule has 0 aliphatic heterocycles. The molecule has 0 fully saturated rings. The Hall–Kier alpha value is -2.99. The summed E-state index contributed by atoms with van der Waals surface area (Å²) >= 11 is 0. The highest BCUT2D eigenvalue weighted by Gasteiger charge is 2.25. The molecule has 0 N–H and O–H groups in total. The first-order valence-electron chi connectivity index (χ1n) is 8.80. The molecule has 0 aliphatic carbocycles. The van der Waals surface area contributed by atoms with Gasteiger partial charge in [-0.15, -0.1) is 0 Å². The Morgan fingerprint density at radius 2 is 1.39 bits per heavy atom. The van der Waals surface area contributed by atoms with Crippen LogP contribution in [0.4, 0.5) is 5.69 Å². The fourth-order valence-electron chi connectivity index (χ4n) is 2.87. The Bertz CT molecular complexity index is 1010. The lowest BCUT2D eigenvalue weighted by Gasteiger charge is -2.25. The first kappa shape index (κ1) is 19.8. The molecule has 0 aromatic heterocycles. The monoisotopic (exact) mass is 397 g/mol. The van der Waals surface area contributed by atoms with Crippen molar-refractivity contribution in [3.8, 4) is 11.5 Å². The Kier molecular flexibility index (Phi) is 5.90. The van der Waals surface area contributed by atoms with Crippen LogP contribution in [0.25, 0.3) is 0 Å². The van der Waals surface area contributed by atoms with Crippen LogP contribution >= 0.6 is 0 Å². The molecular weight excluding hydrogens is 374 g/mol. The minimum absolute atomic E-state index is 0.147. The molecule has 0 unspecified atom stereocenters. The van der Waals surface area contributed by atoms with Gasteiger partial charge in [-0.2, -0.15) is 0 Å². The molecule has 6 heteroatoms. The van der Waals surface area contributed by atoms with Crippen LogP contribution in [0.1, 0.15) is 11.1 Å². The average Bonchev–Trinajstić information content (AvgIpc) is 2.73. The molecular formula is C22H23NO4S. The van der Waals surface area contributed by atoms with Gasteiger partial charge in [0.1, 0.15) is 11.5 Å². The number of anilines is 1. The molecule has 0 radical (unpaired) electrons. The van der Waals surface area contributed by atoms with E-state index < -0.39 is 10.0 Å². The second-order valence-corrected chi connectivity index (χ2v) is 8.24. The highest BCUT2D eigenvalue weighted by atomic mass is 32.2. The second-order valence-electron chi connectivity index (χ2n) is 6.38. The molecule has 3 aromatic carbocycles. The van der Waals surface area contributed by atoms with Crippen molar-refractivity contribution in [1.29, 1.82) is 0 Å². The van der Waals surface area contributed by atoms with E-state index in [0.717, 1.165) is 11.1 Å². The van der Waals surface area contributed by atoms with Crippen molar-refractivity contribution in [3.05, 3.63) is 83.9 Å². The molecule has 0 aliphatic rings. The maximum Gasteiger partial charge on any atom is 0.264 e. The van der Waals surface area contributed by atoms with Gasteiger partial charge in [0.2, 0.25) is 0 Å². The number of sulfonamides is 1. The van der Waals surface area contributed by atoms with Gasteiger partial charge in [0.15, 0.2) is 0 Å². The summed E-state index contributed by atoms with van der Waals surface area (Å²) in [6, 6.07) is 21.2. The number of nitrogens with zero attached hydrogens (tertiary/aromatic N) is 1. The van der Waals surface area contributed by atoms with Gasteiger partial charge in [0.25, 0.3) is 10.0 Å². The zero-order valence-corrected chi connectivity index (χ0v) is 16.9. The lowest BCUT2D eigenvalue weighted by atomic mass is 10.2. The van der Waals surface area contributed by atoms with Gasteiger partial charge in [0, 0.05) is 6.07 Å². The van der Waals surface area contributed by atoms with Crippen LogP contribution in [0.3, 0.4) is 0 Å². The number of methoxy groups -OCH3 is 2. The standard InChI is InChI=1S/C22H23NO4S/c1-17-9-11-19(12-10-17)23(28(24,25)22-7-5-4-6-8-22)16-18-13-20(26-2)15-21(14-18)27-3/h4-15H,16H2,1-3H3. The van der Waals surface area contributed by atoms with Gasteiger partial charge in [-0.3, -0.25) is 4.31 Å². The van der Waals surface area contributed by atoms with Gasteiger partial charge < -0.3 is 9.47 Å². The molecule has 5 nitrogen and oxygen atoms in total. The van der Waals surface area contributed by atoms with E-state index >= 15 is 0 Å². The number of aryl methyl sites for hydroxylation is 1. The molecule has 0 atom stereocenters. The molecule has 28 heavy (non-hydrogen) atoms. The summed E-state index contributed by atoms with van der Waals surface area (Å²) < 4.78 is 38.8. The maximum absolute atomic E-state index is 13.4. The van der Waals surface area contributed by atoms with Crippen molar-refractivity contribution in [2.75, 3.05) is 18.5 Å². The molecule has 3 aromatic rings. The Labute approximate surface area is 166 Å². The SMILES string of the molecule is COc1cc(CN(c2ccc(C)cc2)S(=O)(=O)c2ccccc2)cc(OC)c1. The van der Waals surface area contributed by atoms with E-state index in [1.54, 1.807) is 50.6 Å². The van der Waals surface area contributed by atoms with Crippen molar-refractivity contribution in [2.45, 2.75) is 18.4 Å². The number of hydrogen-bond donors (Lipinski definition) is 0. The average molecular weight is 397 g/mol. The van der Waals surface area contributed by atoms with Gasteiger partial charge in [-0.25, -0.2) is 8.42 Å². The predicted octanol–water partition coefficient (Wildman–Crippen LogP) is 4.41. The van der Waals surface area contributed by atoms with Gasteiger partial charge in [0.05, 0.1) is 31.3 Å². The first-order valence-corrected chi connectivity index (χ1v) is 10.2. The zero-order chi connectivity index (χ0) is 20.1. The van der Waals surface area contributed by atoms with Crippen LogP contribution in [-0.4, -0.2) is 22.6 Å². The summed E-state index contributed by atoms with van der Waals surface area (Å²) in [5, 5.41) is 0. The van der Waals surface area contributed by atoms with Crippen molar-refractivity contribution >= 4 is 15.7 Å². The third-order valence-corrected chi connectivity index (χ3v) is 6.18. The highest BCUT2D eigenvalue weighted by Crippen LogP contribution is 2.29. The van der Waals surface area contributed by atoms with E-state index in [0.29, 0.717) is 17.2 Å². The van der Waals surface area contributed by atoms with E-state index in [1.165, 1.54) is 4.31 Å². The summed E-state index contributed by atoms with van der Waals surface area (Å²) in [6.45, 7) is 2.11. The second kappa shape index (κ2) is 8.35. The molecule has 0 amide bonds. The van der Waals surface area contributed by atoms with Crippen LogP contribution in [0.2, 0.25) is 0 Å². The normalized spacial score (nSPS) is 11.1. The Morgan fingerprint density at radius 3 is 1.93 bits per heavy atom. The van der Waals surface area contributed by atoms with E-state index in [9.17, 15) is 8.42 Å². The summed E-state index contributed by atoms with van der Waals surface area (Å²) in [7, 11) is -0.620. The Morgan fingerprint density at radius 1 is 0.821 bits per heavy atom. The molecule has 0 saturated carbocycles. The van der Waals surface area contributed by atoms with Gasteiger partial charge >= 0.3 is 0 Å². The number of ether oxygens (including phenoxy) is 2. The van der Waals surface area contributed by atoms with Gasteiger partial charge in [-0.05, 0) is 48.9 Å². The van der Waals surface area contributed by atoms with Crippen LogP contribution in [-0.2, 0) is 16.6 Å². The lowest BCUT2D eigenvalue weighted by molar-refractivity contribution is 0.393. The smallest absolute Gasteiger partial charge is 0.264 e. The fourth-order valence-corrected chi connectivity index (χ4v) is 4.34. The highest BCUT2D eigenvalue weighted by molar-refractivity contribution is 7.92. The molecule has 0 heterocycles. The van der Waals surface area contributed by atoms with Crippen LogP contribution < -0.4 is 13.8 Å². The van der Waals surface area contributed by atoms with Crippen molar-refractivity contribution in [3.63, 3.8) is 0 Å². The fraction of sp³-hybridized carbons (Fsp3) is 0.182. The summed E-state index contributed by atoms with van der Waals surface area (Å²) in [4.78, 5) is 0.241. The Balaban J connectivity index is 2.08. The lowest BCUT2D eigenvalue weighted by Crippen LogP contribution is -2.30. The predicted molar refractivity (Wildman–Crippen MR) is 111 cm³/mol. The molecule has 3 rings (SSSR count). The van der Waals surface area contributed by atoms with Crippen molar-refractivity contribution in [2.24, 2.45) is 0 Å². The molecule has 0 bridgehead atoms. The zero-order valence-electron chi connectivity index (χ0n) is 16.1. The molecule has 146 valence electrons. The first-order chi connectivity index (χ1) is 13.4. The van der Waals surface area contributed by atoms with E-state index in [-0.39, 0.29) is 11.4 Å². The van der Waals surface area contributed by atoms with Gasteiger partial charge in [-0.1, -0.05) is 35.9 Å². The third-order valence-electron chi connectivity index (χ3n) is 4.39. The number of rotatable bonds is 7. The van der Waals surface area contributed by atoms with Crippen LogP contribution in [0, 0.1) is 6.92 Å².